The Labute approximate surface area is 173 Å². The predicted molar refractivity (Wildman–Crippen MR) is 104 cm³/mol. The molecule has 2 aromatic heterocycles. The fourth-order valence-corrected chi connectivity index (χ4v) is 2.99. The van der Waals surface area contributed by atoms with Crippen molar-refractivity contribution in [1.29, 1.82) is 0 Å². The largest absolute Gasteiger partial charge is 0.504 e. The first-order valence-electron chi connectivity index (χ1n) is 9.05. The summed E-state index contributed by atoms with van der Waals surface area (Å²) in [6.07, 6.45) is -4.78. The van der Waals surface area contributed by atoms with E-state index in [0.717, 1.165) is 29.8 Å². The monoisotopic (exact) mass is 428 g/mol. The van der Waals surface area contributed by atoms with Crippen molar-refractivity contribution >= 4 is 11.6 Å². The number of phenolic OH excluding ortho intramolecular Hbond substituents is 2. The van der Waals surface area contributed by atoms with Gasteiger partial charge in [-0.15, -0.1) is 0 Å². The van der Waals surface area contributed by atoms with Gasteiger partial charge in [0.05, 0.1) is 5.69 Å². The normalized spacial score (nSPS) is 11.6. The number of rotatable bonds is 4. The van der Waals surface area contributed by atoms with Crippen molar-refractivity contribution in [3.8, 4) is 22.8 Å². The number of nitrogens with one attached hydrogen (secondary N) is 1. The van der Waals surface area contributed by atoms with E-state index in [1.54, 1.807) is 24.3 Å². The molecule has 0 radical (unpaired) electrons. The molecule has 0 spiro atoms. The van der Waals surface area contributed by atoms with E-state index in [-0.39, 0.29) is 29.1 Å². The van der Waals surface area contributed by atoms with Gasteiger partial charge < -0.3 is 15.5 Å². The third-order valence-corrected chi connectivity index (χ3v) is 4.52. The van der Waals surface area contributed by atoms with Crippen LogP contribution in [0.1, 0.15) is 21.7 Å². The maximum absolute atomic E-state index is 13.7. The van der Waals surface area contributed by atoms with E-state index in [4.69, 9.17) is 0 Å². The van der Waals surface area contributed by atoms with Crippen molar-refractivity contribution in [2.45, 2.75) is 12.7 Å². The van der Waals surface area contributed by atoms with Gasteiger partial charge in [-0.3, -0.25) is 4.79 Å². The van der Waals surface area contributed by atoms with Gasteiger partial charge in [-0.25, -0.2) is 9.50 Å². The number of carbonyl (C=O) groups excluding carboxylic acids is 1. The van der Waals surface area contributed by atoms with E-state index in [9.17, 15) is 28.2 Å². The highest BCUT2D eigenvalue weighted by molar-refractivity contribution is 5.93. The van der Waals surface area contributed by atoms with E-state index < -0.39 is 29.3 Å². The Morgan fingerprint density at radius 3 is 2.42 bits per heavy atom. The number of halogens is 3. The lowest BCUT2D eigenvalue weighted by molar-refractivity contribution is -0.142. The van der Waals surface area contributed by atoms with Gasteiger partial charge in [0.1, 0.15) is 0 Å². The molecule has 4 rings (SSSR count). The Hall–Kier alpha value is -4.08. The highest BCUT2D eigenvalue weighted by Gasteiger charge is 2.35. The number of benzene rings is 2. The Kier molecular flexibility index (Phi) is 4.97. The second-order valence-corrected chi connectivity index (χ2v) is 6.70. The molecule has 158 valence electrons. The molecule has 10 heteroatoms. The maximum Gasteiger partial charge on any atom is 0.433 e. The van der Waals surface area contributed by atoms with Crippen molar-refractivity contribution in [3.63, 3.8) is 0 Å². The van der Waals surface area contributed by atoms with Crippen LogP contribution in [0.3, 0.4) is 0 Å². The van der Waals surface area contributed by atoms with Gasteiger partial charge >= 0.3 is 6.18 Å². The fraction of sp³-hybridized carbons (Fsp3) is 0.0952. The summed E-state index contributed by atoms with van der Waals surface area (Å²) in [4.78, 5) is 16.6. The van der Waals surface area contributed by atoms with Crippen molar-refractivity contribution in [2.75, 3.05) is 0 Å². The predicted octanol–water partition coefficient (Wildman–Crippen LogP) is 3.76. The van der Waals surface area contributed by atoms with Crippen LogP contribution < -0.4 is 5.32 Å². The van der Waals surface area contributed by atoms with Gasteiger partial charge in [0.2, 0.25) is 0 Å². The van der Waals surface area contributed by atoms with Crippen molar-refractivity contribution < 1.29 is 28.2 Å². The molecule has 2 aromatic carbocycles. The van der Waals surface area contributed by atoms with Crippen LogP contribution in [0.25, 0.3) is 16.9 Å². The number of alkyl halides is 3. The fourth-order valence-electron chi connectivity index (χ4n) is 2.99. The van der Waals surface area contributed by atoms with Gasteiger partial charge in [0.25, 0.3) is 5.91 Å². The van der Waals surface area contributed by atoms with Crippen molar-refractivity contribution in [1.82, 2.24) is 19.9 Å². The Morgan fingerprint density at radius 2 is 1.74 bits per heavy atom. The van der Waals surface area contributed by atoms with E-state index in [2.05, 4.69) is 15.4 Å². The number of phenols is 2. The summed E-state index contributed by atoms with van der Waals surface area (Å²) in [5.41, 5.74) is -0.682. The summed E-state index contributed by atoms with van der Waals surface area (Å²) >= 11 is 0. The number of carbonyl (C=O) groups is 1. The molecule has 0 aliphatic rings. The number of nitrogens with zero attached hydrogens (tertiary/aromatic N) is 3. The first kappa shape index (κ1) is 20.2. The molecule has 0 aliphatic carbocycles. The van der Waals surface area contributed by atoms with Crippen LogP contribution in [0.2, 0.25) is 0 Å². The third kappa shape index (κ3) is 4.13. The lowest BCUT2D eigenvalue weighted by atomic mass is 10.1. The Balaban J connectivity index is 1.73. The van der Waals surface area contributed by atoms with Crippen molar-refractivity contribution in [2.24, 2.45) is 0 Å². The number of hydrogen-bond donors (Lipinski definition) is 3. The highest BCUT2D eigenvalue weighted by Crippen LogP contribution is 2.34. The number of aromatic nitrogens is 3. The number of hydrogen-bond acceptors (Lipinski definition) is 5. The average molecular weight is 428 g/mol. The second kappa shape index (κ2) is 7.63. The van der Waals surface area contributed by atoms with Gasteiger partial charge in [0, 0.05) is 18.2 Å². The van der Waals surface area contributed by atoms with E-state index in [1.165, 1.54) is 6.07 Å². The summed E-state index contributed by atoms with van der Waals surface area (Å²) in [6, 6.07) is 14.5. The summed E-state index contributed by atoms with van der Waals surface area (Å²) < 4.78 is 41.5. The summed E-state index contributed by atoms with van der Waals surface area (Å²) in [7, 11) is 0. The Morgan fingerprint density at radius 1 is 1.00 bits per heavy atom. The van der Waals surface area contributed by atoms with Crippen molar-refractivity contribution in [3.05, 3.63) is 77.6 Å². The minimum Gasteiger partial charge on any atom is -0.504 e. The van der Waals surface area contributed by atoms with Crippen LogP contribution in [0.4, 0.5) is 13.2 Å². The molecule has 1 amide bonds. The highest BCUT2D eigenvalue weighted by atomic mass is 19.4. The van der Waals surface area contributed by atoms with Crippen LogP contribution in [0.5, 0.6) is 11.5 Å². The lowest BCUT2D eigenvalue weighted by Gasteiger charge is -2.11. The smallest absolute Gasteiger partial charge is 0.433 e. The zero-order chi connectivity index (χ0) is 22.2. The lowest BCUT2D eigenvalue weighted by Crippen LogP contribution is -2.23. The van der Waals surface area contributed by atoms with Crippen LogP contribution >= 0.6 is 0 Å². The van der Waals surface area contributed by atoms with Gasteiger partial charge in [0.15, 0.2) is 28.5 Å². The van der Waals surface area contributed by atoms with Gasteiger partial charge in [-0.05, 0) is 29.8 Å². The molecule has 0 aliphatic heterocycles. The average Bonchev–Trinajstić information content (AvgIpc) is 3.17. The van der Waals surface area contributed by atoms with E-state index in [1.807, 2.05) is 6.07 Å². The quantitative estimate of drug-likeness (QED) is 0.430. The molecule has 0 saturated carbocycles. The molecule has 7 nitrogen and oxygen atoms in total. The molecular weight excluding hydrogens is 413 g/mol. The number of aromatic hydroxyl groups is 2. The molecule has 4 aromatic rings. The number of amides is 1. The minimum absolute atomic E-state index is 0.105. The summed E-state index contributed by atoms with van der Waals surface area (Å²) in [5, 5.41) is 25.5. The van der Waals surface area contributed by atoms with Gasteiger partial charge in [-0.1, -0.05) is 30.3 Å². The molecule has 3 N–H and O–H groups in total. The zero-order valence-corrected chi connectivity index (χ0v) is 15.8. The molecule has 0 unspecified atom stereocenters. The van der Waals surface area contributed by atoms with Crippen LogP contribution in [-0.2, 0) is 12.7 Å². The van der Waals surface area contributed by atoms with E-state index in [0.29, 0.717) is 4.52 Å². The molecule has 0 atom stereocenters. The second-order valence-electron chi connectivity index (χ2n) is 6.70. The maximum atomic E-state index is 13.7. The van der Waals surface area contributed by atoms with Crippen LogP contribution in [-0.4, -0.2) is 30.7 Å². The molecule has 0 saturated heterocycles. The zero-order valence-electron chi connectivity index (χ0n) is 15.8. The topological polar surface area (TPSA) is 99.8 Å². The Bertz CT molecular complexity index is 1270. The molecule has 0 fully saturated rings. The number of fused-ring (bicyclic) bond motifs is 1. The van der Waals surface area contributed by atoms with Gasteiger partial charge in [-0.2, -0.15) is 18.3 Å². The van der Waals surface area contributed by atoms with E-state index >= 15 is 0 Å². The van der Waals surface area contributed by atoms with Crippen LogP contribution in [0, 0.1) is 0 Å². The first-order chi connectivity index (χ1) is 14.7. The minimum atomic E-state index is -4.78. The summed E-state index contributed by atoms with van der Waals surface area (Å²) in [5.74, 6) is -1.56. The first-order valence-corrected chi connectivity index (χ1v) is 9.05. The molecular formula is C21H15F3N4O3. The SMILES string of the molecule is O=C(NCc1ccccc1)c1cc2nc(-c3ccc(O)c(O)c3)cc(C(F)(F)F)n2n1. The molecule has 0 bridgehead atoms. The molecule has 31 heavy (non-hydrogen) atoms. The molecule has 2 heterocycles. The third-order valence-electron chi connectivity index (χ3n) is 4.52. The van der Waals surface area contributed by atoms with Crippen LogP contribution in [0.15, 0.2) is 60.7 Å². The summed E-state index contributed by atoms with van der Waals surface area (Å²) in [6.45, 7) is 0.186. The standard InChI is InChI=1S/C21H15F3N4O3/c22-21(23,24)18-9-14(13-6-7-16(29)17(30)8-13)26-19-10-15(27-28(18)19)20(31)25-11-12-4-2-1-3-5-12/h1-10,29-30H,11H2,(H,25,31).